The number of hydrogen-bond acceptors (Lipinski definition) is 3. The molecule has 1 aliphatic heterocycles. The van der Waals surface area contributed by atoms with Crippen molar-refractivity contribution < 1.29 is 14.4 Å². The maximum Gasteiger partial charge on any atom is 0.312 e. The molecule has 0 atom stereocenters. The normalized spacial score (nSPS) is 14.7. The highest BCUT2D eigenvalue weighted by atomic mass is 35.5. The molecule has 1 fully saturated rings. The van der Waals surface area contributed by atoms with Crippen LogP contribution >= 0.6 is 23.2 Å². The third-order valence-electron chi connectivity index (χ3n) is 4.38. The second-order valence-corrected chi connectivity index (χ2v) is 7.53. The first-order chi connectivity index (χ1) is 12.8. The molecule has 0 aliphatic carbocycles. The largest absolute Gasteiger partial charge is 0.349 e. The number of nitrogens with one attached hydrogen (secondary N) is 2. The van der Waals surface area contributed by atoms with Crippen molar-refractivity contribution in [3.8, 4) is 0 Å². The summed E-state index contributed by atoms with van der Waals surface area (Å²) in [5, 5.41) is 4.13. The van der Waals surface area contributed by atoms with E-state index in [0.717, 1.165) is 5.52 Å². The summed E-state index contributed by atoms with van der Waals surface area (Å²) in [5.41, 5.74) is 1.03. The first kappa shape index (κ1) is 19.5. The zero-order valence-electron chi connectivity index (χ0n) is 15.0. The summed E-state index contributed by atoms with van der Waals surface area (Å²) < 4.78 is 0. The molecule has 0 unspecified atom stereocenters. The molecular formula is C18H20Cl2N4O3. The van der Waals surface area contributed by atoms with E-state index >= 15 is 0 Å². The average molecular weight is 411 g/mol. The lowest BCUT2D eigenvalue weighted by atomic mass is 10.2. The van der Waals surface area contributed by atoms with Gasteiger partial charge in [0.25, 0.3) is 5.91 Å². The van der Waals surface area contributed by atoms with E-state index in [2.05, 4.69) is 10.3 Å². The molecule has 3 rings (SSSR count). The van der Waals surface area contributed by atoms with Gasteiger partial charge in [-0.1, -0.05) is 23.2 Å². The fourth-order valence-corrected chi connectivity index (χ4v) is 3.47. The van der Waals surface area contributed by atoms with Gasteiger partial charge in [-0.2, -0.15) is 0 Å². The Bertz CT molecular complexity index is 901. The van der Waals surface area contributed by atoms with Crippen LogP contribution in [0.3, 0.4) is 0 Å². The fraction of sp³-hybridized carbons (Fsp3) is 0.389. The molecule has 0 saturated carbocycles. The van der Waals surface area contributed by atoms with Crippen LogP contribution in [0.25, 0.3) is 10.9 Å². The number of H-pyrrole nitrogens is 1. The SMILES string of the molecule is CC(C)NC(=O)C(=O)N1CCN(C(=O)c2[nH]c3ccc(Cl)cc3c2Cl)CC1. The highest BCUT2D eigenvalue weighted by Crippen LogP contribution is 2.30. The van der Waals surface area contributed by atoms with Crippen molar-refractivity contribution in [3.05, 3.63) is 33.9 Å². The standard InChI is InChI=1S/C18H20Cl2N4O3/c1-10(2)21-16(25)18(27)24-7-5-23(6-8-24)17(26)15-14(20)12-9-11(19)3-4-13(12)22-15/h3-4,9-10,22H,5-8H2,1-2H3,(H,21,25). The number of carbonyl (C=O) groups excluding carboxylic acids is 3. The maximum absolute atomic E-state index is 12.8. The van der Waals surface area contributed by atoms with Crippen molar-refractivity contribution in [2.24, 2.45) is 0 Å². The van der Waals surface area contributed by atoms with Crippen LogP contribution in [0, 0.1) is 0 Å². The number of halogens is 2. The molecule has 7 nitrogen and oxygen atoms in total. The summed E-state index contributed by atoms with van der Waals surface area (Å²) in [5.74, 6) is -1.44. The second kappa shape index (κ2) is 7.78. The average Bonchev–Trinajstić information content (AvgIpc) is 2.96. The third-order valence-corrected chi connectivity index (χ3v) is 5.01. The van der Waals surface area contributed by atoms with Gasteiger partial charge in [-0.15, -0.1) is 0 Å². The molecule has 2 heterocycles. The lowest BCUT2D eigenvalue weighted by Gasteiger charge is -2.34. The summed E-state index contributed by atoms with van der Waals surface area (Å²) >= 11 is 12.4. The van der Waals surface area contributed by atoms with Gasteiger partial charge in [0.15, 0.2) is 0 Å². The van der Waals surface area contributed by atoms with Crippen molar-refractivity contribution in [2.45, 2.75) is 19.9 Å². The number of fused-ring (bicyclic) bond motifs is 1. The van der Waals surface area contributed by atoms with Gasteiger partial charge >= 0.3 is 11.8 Å². The van der Waals surface area contributed by atoms with Crippen LogP contribution in [0.2, 0.25) is 10.0 Å². The Balaban J connectivity index is 1.68. The molecule has 9 heteroatoms. The molecule has 0 bridgehead atoms. The number of nitrogens with zero attached hydrogens (tertiary/aromatic N) is 2. The van der Waals surface area contributed by atoms with Gasteiger partial charge in [0.05, 0.1) is 5.02 Å². The van der Waals surface area contributed by atoms with Crippen LogP contribution in [-0.2, 0) is 9.59 Å². The number of rotatable bonds is 2. The minimum Gasteiger partial charge on any atom is -0.349 e. The topological polar surface area (TPSA) is 85.5 Å². The summed E-state index contributed by atoms with van der Waals surface area (Å²) in [6, 6.07) is 5.08. The smallest absolute Gasteiger partial charge is 0.312 e. The number of aromatic nitrogens is 1. The highest BCUT2D eigenvalue weighted by Gasteiger charge is 2.30. The number of aromatic amines is 1. The summed E-state index contributed by atoms with van der Waals surface area (Å²) in [6.07, 6.45) is 0. The number of hydrogen-bond donors (Lipinski definition) is 2. The Labute approximate surface area is 166 Å². The molecule has 0 spiro atoms. The van der Waals surface area contributed by atoms with Crippen molar-refractivity contribution >= 4 is 51.8 Å². The predicted molar refractivity (Wildman–Crippen MR) is 104 cm³/mol. The first-order valence-corrected chi connectivity index (χ1v) is 9.39. The van der Waals surface area contributed by atoms with Crippen molar-refractivity contribution in [1.82, 2.24) is 20.1 Å². The van der Waals surface area contributed by atoms with E-state index in [9.17, 15) is 14.4 Å². The second-order valence-electron chi connectivity index (χ2n) is 6.72. The molecule has 2 N–H and O–H groups in total. The Morgan fingerprint density at radius 1 is 1.07 bits per heavy atom. The summed E-state index contributed by atoms with van der Waals surface area (Å²) in [6.45, 7) is 4.82. The van der Waals surface area contributed by atoms with Crippen LogP contribution in [-0.4, -0.2) is 64.7 Å². The first-order valence-electron chi connectivity index (χ1n) is 8.63. The van der Waals surface area contributed by atoms with E-state index in [4.69, 9.17) is 23.2 Å². The van der Waals surface area contributed by atoms with Crippen LogP contribution < -0.4 is 5.32 Å². The summed E-state index contributed by atoms with van der Waals surface area (Å²) in [4.78, 5) is 42.9. The Morgan fingerprint density at radius 3 is 2.33 bits per heavy atom. The van der Waals surface area contributed by atoms with Crippen molar-refractivity contribution in [3.63, 3.8) is 0 Å². The monoisotopic (exact) mass is 410 g/mol. The number of amides is 3. The molecule has 1 aliphatic rings. The fourth-order valence-electron chi connectivity index (χ4n) is 3.02. The minimum absolute atomic E-state index is 0.109. The molecule has 1 saturated heterocycles. The summed E-state index contributed by atoms with van der Waals surface area (Å²) in [7, 11) is 0. The van der Waals surface area contributed by atoms with E-state index in [1.54, 1.807) is 36.9 Å². The van der Waals surface area contributed by atoms with E-state index in [1.165, 1.54) is 4.90 Å². The van der Waals surface area contributed by atoms with E-state index < -0.39 is 11.8 Å². The van der Waals surface area contributed by atoms with E-state index in [1.807, 2.05) is 0 Å². The lowest BCUT2D eigenvalue weighted by molar-refractivity contribution is -0.147. The van der Waals surface area contributed by atoms with Gasteiger partial charge < -0.3 is 20.1 Å². The lowest BCUT2D eigenvalue weighted by Crippen LogP contribution is -2.54. The zero-order valence-corrected chi connectivity index (χ0v) is 16.5. The van der Waals surface area contributed by atoms with Crippen LogP contribution in [0.1, 0.15) is 24.3 Å². The molecule has 1 aromatic carbocycles. The molecule has 144 valence electrons. The van der Waals surface area contributed by atoms with Gasteiger partial charge in [0.1, 0.15) is 5.69 Å². The Hall–Kier alpha value is -2.25. The molecular weight excluding hydrogens is 391 g/mol. The number of piperazine rings is 1. The molecule has 3 amide bonds. The molecule has 0 radical (unpaired) electrons. The Kier molecular flexibility index (Phi) is 5.62. The number of benzene rings is 1. The molecule has 1 aromatic heterocycles. The van der Waals surface area contributed by atoms with Crippen LogP contribution in [0.15, 0.2) is 18.2 Å². The van der Waals surface area contributed by atoms with Crippen LogP contribution in [0.4, 0.5) is 0 Å². The Morgan fingerprint density at radius 2 is 1.70 bits per heavy atom. The quantitative estimate of drug-likeness (QED) is 0.744. The van der Waals surface area contributed by atoms with E-state index in [0.29, 0.717) is 47.3 Å². The minimum atomic E-state index is -0.625. The number of carbonyl (C=O) groups is 3. The van der Waals surface area contributed by atoms with Crippen molar-refractivity contribution in [1.29, 1.82) is 0 Å². The maximum atomic E-state index is 12.8. The van der Waals surface area contributed by atoms with E-state index in [-0.39, 0.29) is 11.9 Å². The highest BCUT2D eigenvalue weighted by molar-refractivity contribution is 6.39. The predicted octanol–water partition coefficient (Wildman–Crippen LogP) is 2.28. The van der Waals surface area contributed by atoms with Crippen molar-refractivity contribution in [2.75, 3.05) is 26.2 Å². The molecule has 2 aromatic rings. The third kappa shape index (κ3) is 4.04. The molecule has 27 heavy (non-hydrogen) atoms. The van der Waals surface area contributed by atoms with Gasteiger partial charge in [-0.3, -0.25) is 14.4 Å². The van der Waals surface area contributed by atoms with Gasteiger partial charge in [0.2, 0.25) is 0 Å². The van der Waals surface area contributed by atoms with Gasteiger partial charge in [-0.25, -0.2) is 0 Å². The zero-order chi connectivity index (χ0) is 19.7. The van der Waals surface area contributed by atoms with Gasteiger partial charge in [-0.05, 0) is 32.0 Å². The van der Waals surface area contributed by atoms with Crippen LogP contribution in [0.5, 0.6) is 0 Å². The van der Waals surface area contributed by atoms with Gasteiger partial charge in [0, 0.05) is 48.1 Å².